The number of nitrogens with one attached hydrogen (secondary N) is 1. The molecule has 1 aliphatic heterocycles. The lowest BCUT2D eigenvalue weighted by atomic mass is 9.89. The number of carbonyl (C=O) groups excluding carboxylic acids is 1. The molecule has 23 heavy (non-hydrogen) atoms. The minimum absolute atomic E-state index is 0.0128. The fraction of sp³-hybridized carbons (Fsp3) is 0.933. The Labute approximate surface area is 136 Å². The highest BCUT2D eigenvalue weighted by Gasteiger charge is 2.37. The number of amides is 1. The van der Waals surface area contributed by atoms with Gasteiger partial charge in [-0.05, 0) is 32.2 Å². The molecule has 0 spiro atoms. The molecule has 1 saturated carbocycles. The molecule has 0 aromatic heterocycles. The molecular formula is C15H29N3O5. The summed E-state index contributed by atoms with van der Waals surface area (Å²) in [6.07, 6.45) is 1.53. The van der Waals surface area contributed by atoms with Gasteiger partial charge in [0.25, 0.3) is 0 Å². The van der Waals surface area contributed by atoms with Crippen LogP contribution in [0.5, 0.6) is 0 Å². The second kappa shape index (κ2) is 8.91. The van der Waals surface area contributed by atoms with Crippen molar-refractivity contribution in [2.75, 3.05) is 13.2 Å². The number of aliphatic hydroxyl groups excluding tert-OH is 2. The van der Waals surface area contributed by atoms with Crippen molar-refractivity contribution < 1.29 is 24.5 Å². The van der Waals surface area contributed by atoms with Gasteiger partial charge in [0.15, 0.2) is 6.29 Å². The smallest absolute Gasteiger partial charge is 0.220 e. The summed E-state index contributed by atoms with van der Waals surface area (Å²) in [7, 11) is 0. The molecule has 0 aromatic rings. The van der Waals surface area contributed by atoms with Crippen molar-refractivity contribution in [1.82, 2.24) is 5.32 Å². The summed E-state index contributed by atoms with van der Waals surface area (Å²) in [5.41, 5.74) is 11.5. The molecule has 1 aliphatic carbocycles. The highest BCUT2D eigenvalue weighted by molar-refractivity contribution is 5.76. The zero-order valence-corrected chi connectivity index (χ0v) is 13.4. The lowest BCUT2D eigenvalue weighted by molar-refractivity contribution is -0.176. The number of nitrogens with two attached hydrogens (primary N) is 2. The number of aliphatic hydroxyl groups is 2. The Hall–Kier alpha value is -0.770. The van der Waals surface area contributed by atoms with E-state index in [0.29, 0.717) is 38.6 Å². The van der Waals surface area contributed by atoms with Crippen LogP contribution in [0.2, 0.25) is 0 Å². The Morgan fingerprint density at radius 2 is 2.09 bits per heavy atom. The van der Waals surface area contributed by atoms with Crippen LogP contribution in [0.4, 0.5) is 0 Å². The zero-order valence-electron chi connectivity index (χ0n) is 13.4. The summed E-state index contributed by atoms with van der Waals surface area (Å²) >= 11 is 0. The van der Waals surface area contributed by atoms with E-state index in [0.717, 1.165) is 6.42 Å². The normalized spacial score (nSPS) is 37.7. The molecule has 2 fully saturated rings. The molecule has 134 valence electrons. The summed E-state index contributed by atoms with van der Waals surface area (Å²) in [6.45, 7) is 0.266. The maximum atomic E-state index is 11.8. The van der Waals surface area contributed by atoms with Gasteiger partial charge in [-0.15, -0.1) is 0 Å². The largest absolute Gasteiger partial charge is 0.394 e. The van der Waals surface area contributed by atoms with Gasteiger partial charge in [-0.25, -0.2) is 0 Å². The van der Waals surface area contributed by atoms with Crippen LogP contribution in [-0.2, 0) is 14.3 Å². The molecule has 0 bridgehead atoms. The third kappa shape index (κ3) is 5.66. The molecule has 1 heterocycles. The van der Waals surface area contributed by atoms with Gasteiger partial charge in [-0.3, -0.25) is 4.79 Å². The van der Waals surface area contributed by atoms with Crippen molar-refractivity contribution in [2.45, 2.75) is 75.2 Å². The first-order chi connectivity index (χ1) is 11.0. The lowest BCUT2D eigenvalue weighted by Crippen LogP contribution is -2.48. The van der Waals surface area contributed by atoms with E-state index in [2.05, 4.69) is 5.32 Å². The van der Waals surface area contributed by atoms with Crippen LogP contribution >= 0.6 is 0 Å². The van der Waals surface area contributed by atoms with Crippen LogP contribution in [0.15, 0.2) is 0 Å². The van der Waals surface area contributed by atoms with Crippen LogP contribution in [0.1, 0.15) is 38.5 Å². The molecule has 2 aliphatic rings. The van der Waals surface area contributed by atoms with Gasteiger partial charge in [0.1, 0.15) is 6.10 Å². The minimum Gasteiger partial charge on any atom is -0.394 e. The van der Waals surface area contributed by atoms with Gasteiger partial charge in [-0.1, -0.05) is 0 Å². The fourth-order valence-corrected chi connectivity index (χ4v) is 3.26. The second-order valence-electron chi connectivity index (χ2n) is 6.47. The van der Waals surface area contributed by atoms with E-state index in [4.69, 9.17) is 26.0 Å². The zero-order chi connectivity index (χ0) is 16.8. The molecule has 7 N–H and O–H groups in total. The Bertz CT molecular complexity index is 384. The van der Waals surface area contributed by atoms with Crippen molar-refractivity contribution in [3.8, 4) is 0 Å². The van der Waals surface area contributed by atoms with Crippen LogP contribution in [0, 0.1) is 0 Å². The van der Waals surface area contributed by atoms with E-state index in [9.17, 15) is 9.90 Å². The summed E-state index contributed by atoms with van der Waals surface area (Å²) in [5, 5.41) is 21.8. The van der Waals surface area contributed by atoms with Crippen molar-refractivity contribution in [3.05, 3.63) is 0 Å². The number of hydrogen-bond donors (Lipinski definition) is 5. The Morgan fingerprint density at radius 1 is 1.30 bits per heavy atom. The van der Waals surface area contributed by atoms with Gasteiger partial charge < -0.3 is 36.5 Å². The Kier molecular flexibility index (Phi) is 7.19. The summed E-state index contributed by atoms with van der Waals surface area (Å²) < 4.78 is 11.3. The number of hydrogen-bond acceptors (Lipinski definition) is 7. The van der Waals surface area contributed by atoms with Gasteiger partial charge in [0, 0.05) is 24.9 Å². The molecule has 8 heteroatoms. The molecule has 0 aromatic carbocycles. The summed E-state index contributed by atoms with van der Waals surface area (Å²) in [5.74, 6) is -0.0128. The highest BCUT2D eigenvalue weighted by Crippen LogP contribution is 2.27. The first-order valence-corrected chi connectivity index (χ1v) is 8.36. The van der Waals surface area contributed by atoms with Gasteiger partial charge >= 0.3 is 0 Å². The lowest BCUT2D eigenvalue weighted by Gasteiger charge is -2.34. The fourth-order valence-electron chi connectivity index (χ4n) is 3.26. The SMILES string of the molecule is NCCCC(=O)NC1CC(N)CC(OC2C[C@H](O)C(CO)O2)C1. The molecular weight excluding hydrogens is 302 g/mol. The van der Waals surface area contributed by atoms with Crippen LogP contribution in [-0.4, -0.2) is 66.0 Å². The van der Waals surface area contributed by atoms with E-state index >= 15 is 0 Å². The third-order valence-corrected chi connectivity index (χ3v) is 4.39. The van der Waals surface area contributed by atoms with E-state index < -0.39 is 18.5 Å². The molecule has 2 rings (SSSR count). The highest BCUT2D eigenvalue weighted by atomic mass is 16.7. The van der Waals surface area contributed by atoms with Crippen molar-refractivity contribution in [2.24, 2.45) is 11.5 Å². The van der Waals surface area contributed by atoms with Crippen molar-refractivity contribution in [3.63, 3.8) is 0 Å². The summed E-state index contributed by atoms with van der Waals surface area (Å²) in [4.78, 5) is 11.8. The quantitative estimate of drug-likeness (QED) is 0.385. The van der Waals surface area contributed by atoms with E-state index in [1.54, 1.807) is 0 Å². The topological polar surface area (TPSA) is 140 Å². The van der Waals surface area contributed by atoms with Crippen molar-refractivity contribution in [1.29, 1.82) is 0 Å². The molecule has 5 unspecified atom stereocenters. The maximum absolute atomic E-state index is 11.8. The molecule has 1 amide bonds. The average Bonchev–Trinajstić information content (AvgIpc) is 2.84. The predicted molar refractivity (Wildman–Crippen MR) is 83.3 cm³/mol. The summed E-state index contributed by atoms with van der Waals surface area (Å²) in [6, 6.07) is -0.0671. The average molecular weight is 331 g/mol. The van der Waals surface area contributed by atoms with Crippen LogP contribution in [0.25, 0.3) is 0 Å². The number of ether oxygens (including phenoxy) is 2. The van der Waals surface area contributed by atoms with Gasteiger partial charge in [0.2, 0.25) is 5.91 Å². The molecule has 1 saturated heterocycles. The third-order valence-electron chi connectivity index (χ3n) is 4.39. The number of rotatable bonds is 7. The van der Waals surface area contributed by atoms with E-state index in [1.807, 2.05) is 0 Å². The van der Waals surface area contributed by atoms with E-state index in [-0.39, 0.29) is 30.7 Å². The Balaban J connectivity index is 1.80. The minimum atomic E-state index is -0.714. The van der Waals surface area contributed by atoms with Crippen LogP contribution in [0.3, 0.4) is 0 Å². The maximum Gasteiger partial charge on any atom is 0.220 e. The van der Waals surface area contributed by atoms with Crippen molar-refractivity contribution >= 4 is 5.91 Å². The standard InChI is InChI=1S/C15H29N3O5/c16-3-1-2-14(21)18-10-4-9(17)5-11(6-10)22-15-7-12(20)13(8-19)23-15/h9-13,15,19-20H,1-8,16-17H2,(H,18,21)/t9?,10?,11?,12-,13?,15?/m0/s1. The molecule has 0 radical (unpaired) electrons. The number of carbonyl (C=O) groups is 1. The van der Waals surface area contributed by atoms with Gasteiger partial charge in [0.05, 0.1) is 18.8 Å². The molecule has 8 nitrogen and oxygen atoms in total. The predicted octanol–water partition coefficient (Wildman–Crippen LogP) is -1.43. The molecule has 6 atom stereocenters. The first-order valence-electron chi connectivity index (χ1n) is 8.36. The second-order valence-corrected chi connectivity index (χ2v) is 6.47. The first kappa shape index (κ1) is 18.6. The monoisotopic (exact) mass is 331 g/mol. The Morgan fingerprint density at radius 3 is 2.74 bits per heavy atom. The van der Waals surface area contributed by atoms with Crippen LogP contribution < -0.4 is 16.8 Å². The van der Waals surface area contributed by atoms with Gasteiger partial charge in [-0.2, -0.15) is 0 Å². The van der Waals surface area contributed by atoms with E-state index in [1.165, 1.54) is 0 Å².